The molecule has 1 aromatic heterocycles. The van der Waals surface area contributed by atoms with Gasteiger partial charge in [-0.1, -0.05) is 76.7 Å². The zero-order valence-electron chi connectivity index (χ0n) is 29.4. The number of rotatable bonds is 29. The number of aryl methyl sites for hydroxylation is 1. The van der Waals surface area contributed by atoms with E-state index in [1.807, 2.05) is 0 Å². The summed E-state index contributed by atoms with van der Waals surface area (Å²) in [6.45, 7) is 10.3. The Bertz CT molecular complexity index is 1100. The van der Waals surface area contributed by atoms with E-state index in [9.17, 15) is 9.59 Å². The van der Waals surface area contributed by atoms with Gasteiger partial charge < -0.3 is 41.9 Å². The summed E-state index contributed by atoms with van der Waals surface area (Å²) < 4.78 is 18.1. The van der Waals surface area contributed by atoms with Crippen molar-refractivity contribution in [3.8, 4) is 0 Å². The van der Waals surface area contributed by atoms with Crippen molar-refractivity contribution in [1.82, 2.24) is 5.32 Å². The van der Waals surface area contributed by atoms with E-state index in [1.165, 1.54) is 62.6 Å². The van der Waals surface area contributed by atoms with Crippen LogP contribution in [0, 0.1) is 0 Å². The number of carbonyl (C=O) groups excluding carboxylic acids is 1. The molecule has 2 aromatic rings. The quantitative estimate of drug-likeness (QED) is 0.0996. The number of amides is 1. The van der Waals surface area contributed by atoms with E-state index in [4.69, 9.17) is 19.3 Å². The van der Waals surface area contributed by atoms with Gasteiger partial charge in [0.25, 0.3) is 0 Å². The minimum Gasteiger partial charge on any atom is -1.00 e. The molecule has 0 saturated heterocycles. The van der Waals surface area contributed by atoms with Gasteiger partial charge in [-0.2, -0.15) is 0 Å². The second kappa shape index (κ2) is 29.0. The fraction of sp³-hybridized carbons (Fsp3) is 0.605. The highest BCUT2D eigenvalue weighted by atomic mass is 35.5. The molecule has 0 radical (unpaired) electrons. The number of unbranched alkanes of at least 4 members (excludes halogenated alkanes) is 6. The van der Waals surface area contributed by atoms with Crippen molar-refractivity contribution in [3.05, 3.63) is 59.9 Å². The van der Waals surface area contributed by atoms with Gasteiger partial charge in [-0.3, -0.25) is 9.59 Å². The molecular weight excluding hydrogens is 630 g/mol. The summed E-state index contributed by atoms with van der Waals surface area (Å²) in [5.41, 5.74) is 3.67. The molecule has 0 fully saturated rings. The van der Waals surface area contributed by atoms with E-state index < -0.39 is 5.97 Å². The average molecular weight is 690 g/mol. The Morgan fingerprint density at radius 3 is 1.81 bits per heavy atom. The summed E-state index contributed by atoms with van der Waals surface area (Å²) in [6, 6.07) is 13.2. The first kappa shape index (κ1) is 43.0. The third-order valence-electron chi connectivity index (χ3n) is 7.80. The van der Waals surface area contributed by atoms with Crippen LogP contribution in [-0.4, -0.2) is 76.3 Å². The molecule has 0 aliphatic carbocycles. The summed E-state index contributed by atoms with van der Waals surface area (Å²) >= 11 is 0. The lowest BCUT2D eigenvalue weighted by atomic mass is 10.1. The van der Waals surface area contributed by atoms with Crippen molar-refractivity contribution < 1.29 is 45.9 Å². The molecule has 0 spiro atoms. The van der Waals surface area contributed by atoms with Gasteiger partial charge in [0.15, 0.2) is 12.4 Å². The normalized spacial score (nSPS) is 11.0. The fourth-order valence-corrected chi connectivity index (χ4v) is 5.02. The molecule has 0 aliphatic rings. The van der Waals surface area contributed by atoms with Crippen LogP contribution in [-0.2, 0) is 30.3 Å². The molecular formula is C38H60ClN3O6. The Balaban J connectivity index is 0.0000115. The second-order valence-corrected chi connectivity index (χ2v) is 11.8. The molecule has 0 aliphatic heterocycles. The van der Waals surface area contributed by atoms with Gasteiger partial charge in [-0.05, 0) is 36.1 Å². The predicted molar refractivity (Wildman–Crippen MR) is 189 cm³/mol. The lowest BCUT2D eigenvalue weighted by molar-refractivity contribution is -0.697. The summed E-state index contributed by atoms with van der Waals surface area (Å²) in [6.07, 6.45) is 20.0. The first-order chi connectivity index (χ1) is 23.0. The summed E-state index contributed by atoms with van der Waals surface area (Å²) in [4.78, 5) is 25.1. The molecule has 2 rings (SSSR count). The number of ether oxygens (including phenoxy) is 3. The Morgan fingerprint density at radius 2 is 1.25 bits per heavy atom. The van der Waals surface area contributed by atoms with Gasteiger partial charge in [0.2, 0.25) is 5.91 Å². The average Bonchev–Trinajstić information content (AvgIpc) is 3.08. The number of pyridine rings is 1. The van der Waals surface area contributed by atoms with Crippen LogP contribution < -0.4 is 27.2 Å². The molecule has 10 heteroatoms. The van der Waals surface area contributed by atoms with Crippen LogP contribution in [0.25, 0.3) is 12.2 Å². The van der Waals surface area contributed by atoms with Crippen LogP contribution in [0.2, 0.25) is 0 Å². The standard InChI is InChI=1S/C38H59N3O6.ClH/c1-3-5-7-9-24-41(25-10-8-6-4-2)36-17-15-34(16-18-36)13-14-35-19-26-40(27-20-35)23-11-12-37(42)39-22-29-46-31-33-47-32-30-45-28-21-38(43)44;/h13-20,26-27H,3-12,21-25,28-33H2,1-2H3,(H-,39,42,43,44);1H. The number of anilines is 1. The number of hydrogen-bond acceptors (Lipinski definition) is 6. The number of aliphatic carboxylic acids is 1. The van der Waals surface area contributed by atoms with Gasteiger partial charge >= 0.3 is 5.97 Å². The number of hydrogen-bond donors (Lipinski definition) is 2. The van der Waals surface area contributed by atoms with E-state index >= 15 is 0 Å². The van der Waals surface area contributed by atoms with E-state index in [0.29, 0.717) is 46.0 Å². The van der Waals surface area contributed by atoms with Crippen molar-refractivity contribution >= 4 is 29.7 Å². The second-order valence-electron chi connectivity index (χ2n) is 11.8. The zero-order chi connectivity index (χ0) is 33.8. The highest BCUT2D eigenvalue weighted by molar-refractivity contribution is 5.75. The minimum absolute atomic E-state index is 0. The predicted octanol–water partition coefficient (Wildman–Crippen LogP) is 3.54. The van der Waals surface area contributed by atoms with Crippen LogP contribution >= 0.6 is 0 Å². The third-order valence-corrected chi connectivity index (χ3v) is 7.80. The van der Waals surface area contributed by atoms with Crippen LogP contribution in [0.4, 0.5) is 5.69 Å². The molecule has 0 bridgehead atoms. The Morgan fingerprint density at radius 1 is 0.708 bits per heavy atom. The molecule has 1 aromatic carbocycles. The molecule has 2 N–H and O–H groups in total. The van der Waals surface area contributed by atoms with Gasteiger partial charge in [-0.15, -0.1) is 0 Å². The molecule has 1 heterocycles. The molecule has 48 heavy (non-hydrogen) atoms. The summed E-state index contributed by atoms with van der Waals surface area (Å²) in [5, 5.41) is 11.4. The molecule has 1 amide bonds. The van der Waals surface area contributed by atoms with Crippen LogP contribution in [0.15, 0.2) is 48.8 Å². The number of carboxylic acids is 1. The van der Waals surface area contributed by atoms with E-state index in [2.05, 4.69) is 89.6 Å². The maximum absolute atomic E-state index is 12.1. The van der Waals surface area contributed by atoms with E-state index in [0.717, 1.165) is 31.6 Å². The lowest BCUT2D eigenvalue weighted by Crippen LogP contribution is -3.00. The van der Waals surface area contributed by atoms with Crippen LogP contribution in [0.3, 0.4) is 0 Å². The number of carboxylic acid groups (broad SMARTS) is 1. The SMILES string of the molecule is CCCCCCN(CCCCCC)c1ccc(/C=C/c2cc[n+](CCCC(=O)NCCOCCOCCOCCC(=O)O)cc2)cc1.[Cl-]. The highest BCUT2D eigenvalue weighted by Gasteiger charge is 2.07. The topological polar surface area (TPSA) is 101 Å². The number of halogens is 1. The van der Waals surface area contributed by atoms with Crippen molar-refractivity contribution in [2.45, 2.75) is 91.0 Å². The number of benzene rings is 1. The van der Waals surface area contributed by atoms with Gasteiger partial charge in [-0.25, -0.2) is 4.57 Å². The maximum atomic E-state index is 12.1. The van der Waals surface area contributed by atoms with Gasteiger partial charge in [0.1, 0.15) is 6.54 Å². The highest BCUT2D eigenvalue weighted by Crippen LogP contribution is 2.19. The number of carbonyl (C=O) groups is 2. The van der Waals surface area contributed by atoms with Crippen molar-refractivity contribution in [2.75, 3.05) is 64.2 Å². The minimum atomic E-state index is -0.875. The molecule has 9 nitrogen and oxygen atoms in total. The maximum Gasteiger partial charge on any atom is 0.305 e. The lowest BCUT2D eigenvalue weighted by Gasteiger charge is -2.25. The third kappa shape index (κ3) is 21.8. The molecule has 0 unspecified atom stereocenters. The summed E-state index contributed by atoms with van der Waals surface area (Å²) in [7, 11) is 0. The van der Waals surface area contributed by atoms with E-state index in [-0.39, 0.29) is 31.3 Å². The van der Waals surface area contributed by atoms with Crippen molar-refractivity contribution in [2.24, 2.45) is 0 Å². The van der Waals surface area contributed by atoms with Gasteiger partial charge in [0.05, 0.1) is 46.1 Å². The smallest absolute Gasteiger partial charge is 0.305 e. The largest absolute Gasteiger partial charge is 1.00 e. The van der Waals surface area contributed by atoms with Crippen LogP contribution in [0.1, 0.15) is 95.6 Å². The molecule has 0 atom stereocenters. The first-order valence-electron chi connectivity index (χ1n) is 17.8. The number of aromatic nitrogens is 1. The first-order valence-corrected chi connectivity index (χ1v) is 17.8. The summed E-state index contributed by atoms with van der Waals surface area (Å²) in [5.74, 6) is -0.856. The Hall–Kier alpha value is -2.98. The fourth-order valence-electron chi connectivity index (χ4n) is 5.02. The van der Waals surface area contributed by atoms with E-state index in [1.54, 1.807) is 0 Å². The van der Waals surface area contributed by atoms with Crippen LogP contribution in [0.5, 0.6) is 0 Å². The monoisotopic (exact) mass is 689 g/mol. The number of nitrogens with zero attached hydrogens (tertiary/aromatic N) is 2. The Kier molecular flexibility index (Phi) is 26.0. The zero-order valence-corrected chi connectivity index (χ0v) is 30.1. The molecule has 0 saturated carbocycles. The molecule has 270 valence electrons. The Labute approximate surface area is 295 Å². The number of nitrogens with one attached hydrogen (secondary N) is 1. The van der Waals surface area contributed by atoms with Crippen molar-refractivity contribution in [3.63, 3.8) is 0 Å². The van der Waals surface area contributed by atoms with Crippen molar-refractivity contribution in [1.29, 1.82) is 0 Å². The van der Waals surface area contributed by atoms with Gasteiger partial charge in [0, 0.05) is 50.3 Å².